The first-order valence-corrected chi connectivity index (χ1v) is 14.5. The molecule has 11 nitrogen and oxygen atoms in total. The Balaban J connectivity index is 1.52. The monoisotopic (exact) mass is 580 g/mol. The molecule has 2 aromatic heterocycles. The van der Waals surface area contributed by atoms with Crippen molar-refractivity contribution >= 4 is 12.1 Å². The summed E-state index contributed by atoms with van der Waals surface area (Å²) in [5.41, 5.74) is 2.64. The van der Waals surface area contributed by atoms with Gasteiger partial charge in [0.2, 0.25) is 0 Å². The van der Waals surface area contributed by atoms with Crippen LogP contribution in [-0.2, 0) is 34.2 Å². The van der Waals surface area contributed by atoms with Crippen molar-refractivity contribution in [3.63, 3.8) is 0 Å². The number of carbonyl (C=O) groups is 2. The number of alkyl carbamates (subject to hydrolysis) is 1. The zero-order chi connectivity index (χ0) is 30.4. The number of ether oxygens (including phenoxy) is 1. The Morgan fingerprint density at radius 2 is 1.88 bits per heavy atom. The molecule has 42 heavy (non-hydrogen) atoms. The quantitative estimate of drug-likeness (QED) is 0.421. The van der Waals surface area contributed by atoms with Crippen LogP contribution >= 0.6 is 0 Å². The number of rotatable bonds is 7. The Morgan fingerprint density at radius 3 is 2.57 bits per heavy atom. The number of hydrogen-bond acceptors (Lipinski definition) is 8. The molecule has 0 spiro atoms. The van der Waals surface area contributed by atoms with E-state index in [2.05, 4.69) is 11.4 Å². The molecule has 0 radical (unpaired) electrons. The molecule has 11 heteroatoms. The topological polar surface area (TPSA) is 140 Å². The number of imidazole rings is 1. The second-order valence-corrected chi connectivity index (χ2v) is 13.3. The van der Waals surface area contributed by atoms with Crippen molar-refractivity contribution < 1.29 is 28.3 Å². The summed E-state index contributed by atoms with van der Waals surface area (Å²) in [5.74, 6) is -1.77. The maximum atomic E-state index is 13.1. The zero-order valence-corrected chi connectivity index (χ0v) is 25.1. The van der Waals surface area contributed by atoms with E-state index in [1.165, 1.54) is 5.56 Å². The van der Waals surface area contributed by atoms with Crippen molar-refractivity contribution in [2.24, 2.45) is 0 Å². The van der Waals surface area contributed by atoms with E-state index in [-0.39, 0.29) is 12.5 Å². The van der Waals surface area contributed by atoms with Gasteiger partial charge in [0.05, 0.1) is 12.0 Å². The minimum absolute atomic E-state index is 0.113. The number of amides is 1. The molecule has 2 aliphatic rings. The second-order valence-electron chi connectivity index (χ2n) is 13.3. The molecule has 5 rings (SSSR count). The van der Waals surface area contributed by atoms with Crippen molar-refractivity contribution in [2.75, 3.05) is 13.1 Å². The standard InChI is InChI=1S/C31H40N4O7/c1-30(2,3)26-23(40-29(39)41-26)15-20(24-22-12-11-18-9-7-8-10-21(18)35(22)17-32-24)25(27(36)37)34-14-13-19(16-34)33-28(38)42-31(4,5)6/h7-10,17,19-20,25H,11-16H2,1-6H3,(H,33,38)(H,36,37)/t19-,20?,25-/m0/s1. The van der Waals surface area contributed by atoms with Gasteiger partial charge in [-0.15, -0.1) is 0 Å². The van der Waals surface area contributed by atoms with E-state index < -0.39 is 40.9 Å². The Hall–Kier alpha value is -3.86. The Labute approximate surface area is 244 Å². The van der Waals surface area contributed by atoms with Crippen molar-refractivity contribution in [1.29, 1.82) is 0 Å². The van der Waals surface area contributed by atoms with Gasteiger partial charge < -0.3 is 28.6 Å². The van der Waals surface area contributed by atoms with Gasteiger partial charge in [0, 0.05) is 48.3 Å². The van der Waals surface area contributed by atoms with E-state index in [0.717, 1.165) is 17.8 Å². The van der Waals surface area contributed by atoms with Crippen LogP contribution in [0.25, 0.3) is 5.69 Å². The first-order valence-electron chi connectivity index (χ1n) is 14.5. The predicted octanol–water partition coefficient (Wildman–Crippen LogP) is 4.19. The van der Waals surface area contributed by atoms with Crippen molar-refractivity contribution in [3.8, 4) is 5.69 Å². The van der Waals surface area contributed by atoms with Crippen molar-refractivity contribution in [2.45, 2.75) is 96.2 Å². The largest absolute Gasteiger partial charge is 0.519 e. The van der Waals surface area contributed by atoms with Crippen LogP contribution in [0.5, 0.6) is 0 Å². The first kappa shape index (κ1) is 29.6. The number of carboxylic acid groups (broad SMARTS) is 1. The van der Waals surface area contributed by atoms with Crippen LogP contribution in [0.4, 0.5) is 4.79 Å². The highest BCUT2D eigenvalue weighted by molar-refractivity contribution is 5.75. The first-order chi connectivity index (χ1) is 19.7. The average Bonchev–Trinajstić information content (AvgIpc) is 3.60. The Bertz CT molecular complexity index is 1520. The van der Waals surface area contributed by atoms with Crippen LogP contribution in [0.2, 0.25) is 0 Å². The number of para-hydroxylation sites is 1. The highest BCUT2D eigenvalue weighted by Gasteiger charge is 2.43. The lowest BCUT2D eigenvalue weighted by atomic mass is 9.84. The number of aliphatic carboxylic acids is 1. The summed E-state index contributed by atoms with van der Waals surface area (Å²) in [6.45, 7) is 11.9. The molecule has 1 unspecified atom stereocenters. The number of fused-ring (bicyclic) bond motifs is 3. The number of nitrogens with zero attached hydrogens (tertiary/aromatic N) is 3. The van der Waals surface area contributed by atoms with E-state index in [0.29, 0.717) is 43.1 Å². The van der Waals surface area contributed by atoms with Crippen LogP contribution in [0.1, 0.15) is 82.4 Å². The van der Waals surface area contributed by atoms with Gasteiger partial charge in [0.15, 0.2) is 11.5 Å². The number of benzene rings is 1. The number of likely N-dealkylation sites (tertiary alicyclic amines) is 1. The highest BCUT2D eigenvalue weighted by atomic mass is 16.6. The summed E-state index contributed by atoms with van der Waals surface area (Å²) >= 11 is 0. The lowest BCUT2D eigenvalue weighted by molar-refractivity contribution is -0.144. The maximum absolute atomic E-state index is 13.1. The van der Waals surface area contributed by atoms with Crippen LogP contribution in [-0.4, -0.2) is 62.4 Å². The molecular weight excluding hydrogens is 540 g/mol. The summed E-state index contributed by atoms with van der Waals surface area (Å²) in [6, 6.07) is 6.83. The fourth-order valence-corrected chi connectivity index (χ4v) is 6.15. The molecule has 2 N–H and O–H groups in total. The van der Waals surface area contributed by atoms with Gasteiger partial charge in [-0.2, -0.15) is 0 Å². The second kappa shape index (κ2) is 11.1. The lowest BCUT2D eigenvalue weighted by Gasteiger charge is -2.32. The summed E-state index contributed by atoms with van der Waals surface area (Å²) in [7, 11) is 0. The average molecular weight is 581 g/mol. The van der Waals surface area contributed by atoms with Gasteiger partial charge in [-0.25, -0.2) is 14.6 Å². The van der Waals surface area contributed by atoms with E-state index in [4.69, 9.17) is 18.6 Å². The molecule has 1 amide bonds. The van der Waals surface area contributed by atoms with Gasteiger partial charge in [-0.3, -0.25) is 9.69 Å². The third-order valence-electron chi connectivity index (χ3n) is 7.83. The summed E-state index contributed by atoms with van der Waals surface area (Å²) in [5, 5.41) is 13.6. The molecule has 0 aliphatic carbocycles. The third kappa shape index (κ3) is 6.16. The van der Waals surface area contributed by atoms with E-state index in [1.807, 2.05) is 48.4 Å². The lowest BCUT2D eigenvalue weighted by Crippen LogP contribution is -2.47. The summed E-state index contributed by atoms with van der Waals surface area (Å²) in [6.07, 6.45) is 3.40. The summed E-state index contributed by atoms with van der Waals surface area (Å²) < 4.78 is 18.4. The molecule has 226 valence electrons. The fourth-order valence-electron chi connectivity index (χ4n) is 6.15. The molecule has 4 heterocycles. The van der Waals surface area contributed by atoms with Crippen molar-refractivity contribution in [3.05, 3.63) is 69.7 Å². The van der Waals surface area contributed by atoms with E-state index in [1.54, 1.807) is 27.1 Å². The summed E-state index contributed by atoms with van der Waals surface area (Å²) in [4.78, 5) is 44.5. The minimum Gasteiger partial charge on any atom is -0.480 e. The third-order valence-corrected chi connectivity index (χ3v) is 7.83. The molecule has 3 aromatic rings. The molecule has 2 aliphatic heterocycles. The van der Waals surface area contributed by atoms with Gasteiger partial charge in [-0.1, -0.05) is 39.0 Å². The number of aryl methyl sites for hydroxylation is 1. The molecule has 1 fully saturated rings. The van der Waals surface area contributed by atoms with E-state index in [9.17, 15) is 19.5 Å². The minimum atomic E-state index is -1.01. The Kier molecular flexibility index (Phi) is 7.82. The van der Waals surface area contributed by atoms with Gasteiger partial charge in [0.25, 0.3) is 0 Å². The van der Waals surface area contributed by atoms with E-state index >= 15 is 0 Å². The van der Waals surface area contributed by atoms with Crippen LogP contribution in [0.3, 0.4) is 0 Å². The van der Waals surface area contributed by atoms with Gasteiger partial charge in [0.1, 0.15) is 11.6 Å². The van der Waals surface area contributed by atoms with Crippen LogP contribution < -0.4 is 11.1 Å². The fraction of sp³-hybridized carbons (Fsp3) is 0.548. The number of aromatic nitrogens is 2. The van der Waals surface area contributed by atoms with Crippen molar-refractivity contribution in [1.82, 2.24) is 19.8 Å². The molecule has 1 saturated heterocycles. The van der Waals surface area contributed by atoms with Gasteiger partial charge in [-0.05, 0) is 51.7 Å². The zero-order valence-electron chi connectivity index (χ0n) is 25.1. The SMILES string of the molecule is CC(C)(C)OC(=O)N[C@H]1CCN([C@H](C(=O)O)C(Cc2oc(=O)oc2C(C)(C)C)c2ncn3c2CCc2ccccc2-3)C1. The van der Waals surface area contributed by atoms with Crippen LogP contribution in [0, 0.1) is 0 Å². The van der Waals surface area contributed by atoms with Gasteiger partial charge >= 0.3 is 17.9 Å². The number of hydrogen-bond donors (Lipinski definition) is 2. The van der Waals surface area contributed by atoms with Crippen LogP contribution in [0.15, 0.2) is 44.2 Å². The highest BCUT2D eigenvalue weighted by Crippen LogP contribution is 2.37. The number of carbonyl (C=O) groups excluding carboxylic acids is 1. The molecule has 0 saturated carbocycles. The molecule has 1 aromatic carbocycles. The maximum Gasteiger partial charge on any atom is 0.519 e. The number of carboxylic acids is 1. The number of nitrogens with one attached hydrogen (secondary N) is 1. The normalized spacial score (nSPS) is 18.7. The predicted molar refractivity (Wildman–Crippen MR) is 154 cm³/mol. The molecule has 3 atom stereocenters. The molecule has 0 bridgehead atoms. The molecular formula is C31H40N4O7. The smallest absolute Gasteiger partial charge is 0.480 e. The Morgan fingerprint density at radius 1 is 1.14 bits per heavy atom.